The van der Waals surface area contributed by atoms with E-state index < -0.39 is 3.93 Å². The molecule has 1 aromatic carbocycles. The number of halogens is 3. The van der Waals surface area contributed by atoms with Gasteiger partial charge in [0, 0.05) is 0 Å². The van der Waals surface area contributed by atoms with Crippen LogP contribution in [0.4, 0.5) is 0 Å². The summed E-state index contributed by atoms with van der Waals surface area (Å²) >= 11 is 10.9. The first kappa shape index (κ1) is 18.0. The van der Waals surface area contributed by atoms with Crippen molar-refractivity contribution in [1.29, 1.82) is 0 Å². The lowest BCUT2D eigenvalue weighted by Crippen LogP contribution is -2.11. The van der Waals surface area contributed by atoms with Gasteiger partial charge in [0.25, 0.3) is 3.93 Å². The second-order valence-corrected chi connectivity index (χ2v) is 29.6. The molecule has 0 amide bonds. The smallest absolute Gasteiger partial charge is 0.267 e. The van der Waals surface area contributed by atoms with E-state index in [1.54, 1.807) is 0 Å². The zero-order valence-corrected chi connectivity index (χ0v) is 18.2. The van der Waals surface area contributed by atoms with Gasteiger partial charge in [-0.3, -0.25) is 0 Å². The number of hydrogen-bond acceptors (Lipinski definition) is 1. The van der Waals surface area contributed by atoms with E-state index in [1.807, 2.05) is 0 Å². The van der Waals surface area contributed by atoms with E-state index in [4.69, 9.17) is 4.74 Å². The van der Waals surface area contributed by atoms with Crippen LogP contribution in [0.3, 0.4) is 0 Å². The molecular formula is C16H23Br3OSi. The van der Waals surface area contributed by atoms with E-state index >= 15 is 0 Å². The van der Waals surface area contributed by atoms with Gasteiger partial charge in [-0.2, -0.15) is 0 Å². The molecule has 0 spiro atoms. The van der Waals surface area contributed by atoms with Gasteiger partial charge in [0.15, 0.2) is 0 Å². The van der Waals surface area contributed by atoms with E-state index in [1.165, 1.54) is 31.2 Å². The molecule has 0 radical (unpaired) electrons. The Labute approximate surface area is 153 Å². The average Bonchev–Trinajstić information content (AvgIpc) is 2.44. The van der Waals surface area contributed by atoms with Crippen LogP contribution in [0.15, 0.2) is 24.3 Å². The molecule has 0 bridgehead atoms. The van der Waals surface area contributed by atoms with Crippen LogP contribution in [0.2, 0.25) is 6.04 Å². The van der Waals surface area contributed by atoms with Gasteiger partial charge in [-0.25, -0.2) is 0 Å². The zero-order valence-electron chi connectivity index (χ0n) is 12.5. The summed E-state index contributed by atoms with van der Waals surface area (Å²) in [5, 5.41) is 0. The molecule has 0 aliphatic heterocycles. The number of benzene rings is 1. The van der Waals surface area contributed by atoms with Gasteiger partial charge in [-0.05, 0) is 54.8 Å². The van der Waals surface area contributed by atoms with Crippen LogP contribution < -0.4 is 4.74 Å². The molecule has 1 aliphatic rings. The Hall–Kier alpha value is 0.677. The maximum atomic E-state index is 5.82. The first-order chi connectivity index (χ1) is 9.94. The number of hydrogen-bond donors (Lipinski definition) is 0. The van der Waals surface area contributed by atoms with Gasteiger partial charge in [0.2, 0.25) is 0 Å². The lowest BCUT2D eigenvalue weighted by molar-refractivity contribution is 0.316. The Balaban J connectivity index is 1.77. The molecule has 1 saturated carbocycles. The summed E-state index contributed by atoms with van der Waals surface area (Å²) in [5.41, 5.74) is 1.49. The van der Waals surface area contributed by atoms with Crippen molar-refractivity contribution in [1.82, 2.24) is 0 Å². The highest BCUT2D eigenvalue weighted by Gasteiger charge is 2.21. The molecule has 21 heavy (non-hydrogen) atoms. The van der Waals surface area contributed by atoms with Crippen molar-refractivity contribution in [3.8, 4) is 5.75 Å². The fraction of sp³-hybridized carbons (Fsp3) is 0.625. The molecule has 0 aromatic heterocycles. The Morgan fingerprint density at radius 3 is 2.24 bits per heavy atom. The maximum Gasteiger partial charge on any atom is 0.267 e. The molecule has 1 aromatic rings. The second-order valence-electron chi connectivity index (χ2n) is 6.09. The standard InChI is InChI=1S/C16H23Br3OSi/c1-13-3-5-14(6-4-13)15-7-9-16(10-8-15)20-11-2-12-21(17,18)19/h7-10,13-14H,2-6,11-12H2,1H3. The van der Waals surface area contributed by atoms with E-state index in [9.17, 15) is 0 Å². The molecule has 1 fully saturated rings. The van der Waals surface area contributed by atoms with Crippen molar-refractivity contribution in [2.75, 3.05) is 6.61 Å². The first-order valence-electron chi connectivity index (χ1n) is 7.73. The predicted octanol–water partition coefficient (Wildman–Crippen LogP) is 6.87. The first-order valence-corrected chi connectivity index (χ1v) is 16.7. The molecule has 0 saturated heterocycles. The minimum Gasteiger partial charge on any atom is -0.494 e. The molecule has 0 unspecified atom stereocenters. The predicted molar refractivity (Wildman–Crippen MR) is 104 cm³/mol. The normalized spacial score (nSPS) is 23.0. The molecular weight excluding hydrogens is 476 g/mol. The van der Waals surface area contributed by atoms with E-state index in [0.29, 0.717) is 0 Å². The highest BCUT2D eigenvalue weighted by atomic mass is 80.0. The third-order valence-corrected chi connectivity index (χ3v) is 8.73. The van der Waals surface area contributed by atoms with Crippen molar-refractivity contribution in [3.63, 3.8) is 0 Å². The molecule has 0 heterocycles. The van der Waals surface area contributed by atoms with Crippen molar-refractivity contribution in [2.24, 2.45) is 5.92 Å². The monoisotopic (exact) mass is 496 g/mol. The molecule has 1 nitrogen and oxygen atoms in total. The third kappa shape index (κ3) is 6.75. The van der Waals surface area contributed by atoms with Crippen LogP contribution in [-0.4, -0.2) is 10.5 Å². The summed E-state index contributed by atoms with van der Waals surface area (Å²) in [6, 6.07) is 9.89. The quantitative estimate of drug-likeness (QED) is 0.236. The van der Waals surface area contributed by atoms with Gasteiger partial charge in [0.1, 0.15) is 5.75 Å². The molecule has 2 rings (SSSR count). The van der Waals surface area contributed by atoms with Crippen molar-refractivity contribution >= 4 is 49.8 Å². The molecule has 0 atom stereocenters. The van der Waals surface area contributed by atoms with Crippen LogP contribution >= 0.6 is 45.9 Å². The van der Waals surface area contributed by atoms with Crippen molar-refractivity contribution < 1.29 is 4.74 Å². The maximum absolute atomic E-state index is 5.82. The van der Waals surface area contributed by atoms with E-state index in [0.717, 1.165) is 36.7 Å². The Kier molecular flexibility index (Phi) is 7.30. The Bertz CT molecular complexity index is 422. The van der Waals surface area contributed by atoms with Crippen LogP contribution in [0.25, 0.3) is 0 Å². The zero-order chi connectivity index (χ0) is 15.3. The second kappa shape index (κ2) is 8.51. The highest BCUT2D eigenvalue weighted by molar-refractivity contribution is 9.72. The summed E-state index contributed by atoms with van der Waals surface area (Å²) in [6.45, 7) is 3.15. The van der Waals surface area contributed by atoms with E-state index in [2.05, 4.69) is 77.1 Å². The van der Waals surface area contributed by atoms with Crippen molar-refractivity contribution in [3.05, 3.63) is 29.8 Å². The summed E-state index contributed by atoms with van der Waals surface area (Å²) in [5.74, 6) is 2.67. The highest BCUT2D eigenvalue weighted by Crippen LogP contribution is 2.36. The van der Waals surface area contributed by atoms with Gasteiger partial charge < -0.3 is 4.74 Å². The number of ether oxygens (including phenoxy) is 1. The van der Waals surface area contributed by atoms with Crippen LogP contribution in [0.1, 0.15) is 50.5 Å². The van der Waals surface area contributed by atoms with Crippen LogP contribution in [0, 0.1) is 5.92 Å². The summed E-state index contributed by atoms with van der Waals surface area (Å²) in [4.78, 5) is 0. The SMILES string of the molecule is CC1CCC(c2ccc(OCCC[Si](Br)(Br)Br)cc2)CC1. The Morgan fingerprint density at radius 2 is 1.67 bits per heavy atom. The third-order valence-electron chi connectivity index (χ3n) is 4.24. The largest absolute Gasteiger partial charge is 0.494 e. The fourth-order valence-corrected chi connectivity index (χ4v) is 5.96. The summed E-state index contributed by atoms with van der Waals surface area (Å²) in [7, 11) is 0. The lowest BCUT2D eigenvalue weighted by Gasteiger charge is -2.26. The van der Waals surface area contributed by atoms with Gasteiger partial charge in [0.05, 0.1) is 6.61 Å². The van der Waals surface area contributed by atoms with Gasteiger partial charge in [-0.1, -0.05) is 77.8 Å². The Morgan fingerprint density at radius 1 is 1.05 bits per heavy atom. The molecule has 1 aliphatic carbocycles. The average molecular weight is 499 g/mol. The molecule has 0 N–H and O–H groups in total. The minimum absolute atomic E-state index is 0.761. The summed E-state index contributed by atoms with van der Waals surface area (Å²) in [6.07, 6.45) is 6.49. The lowest BCUT2D eigenvalue weighted by atomic mass is 9.79. The van der Waals surface area contributed by atoms with Crippen LogP contribution in [0.5, 0.6) is 5.75 Å². The molecule has 118 valence electrons. The number of rotatable bonds is 6. The fourth-order valence-electron chi connectivity index (χ4n) is 2.89. The summed E-state index contributed by atoms with van der Waals surface area (Å²) < 4.78 is 4.35. The van der Waals surface area contributed by atoms with Crippen molar-refractivity contribution in [2.45, 2.75) is 51.0 Å². The topological polar surface area (TPSA) is 9.23 Å². The molecule has 5 heteroatoms. The van der Waals surface area contributed by atoms with Gasteiger partial charge >= 0.3 is 0 Å². The van der Waals surface area contributed by atoms with E-state index in [-0.39, 0.29) is 0 Å². The minimum atomic E-state index is -1.48. The van der Waals surface area contributed by atoms with Gasteiger partial charge in [-0.15, -0.1) is 0 Å². The van der Waals surface area contributed by atoms with Crippen LogP contribution in [-0.2, 0) is 0 Å².